The van der Waals surface area contributed by atoms with E-state index >= 15 is 0 Å². The molecule has 0 aliphatic heterocycles. The molecule has 0 aliphatic rings. The summed E-state index contributed by atoms with van der Waals surface area (Å²) in [5.41, 5.74) is 1.09. The van der Waals surface area contributed by atoms with Gasteiger partial charge in [-0.05, 0) is 23.6 Å². The summed E-state index contributed by atoms with van der Waals surface area (Å²) in [6.07, 6.45) is 2.44. The van der Waals surface area contributed by atoms with E-state index in [9.17, 15) is 4.79 Å². The minimum Gasteiger partial charge on any atom is -0.298 e. The highest BCUT2D eigenvalue weighted by atomic mass is 16.1. The third-order valence-electron chi connectivity index (χ3n) is 2.96. The van der Waals surface area contributed by atoms with E-state index in [1.165, 1.54) is 0 Å². The van der Waals surface area contributed by atoms with Crippen LogP contribution >= 0.6 is 0 Å². The van der Waals surface area contributed by atoms with Crippen molar-refractivity contribution >= 4 is 28.6 Å². The monoisotopic (exact) mass is 261 g/mol. The van der Waals surface area contributed by atoms with Crippen LogP contribution < -0.4 is 0 Å². The number of pyridine rings is 1. The molecule has 1 heterocycles. The lowest BCUT2D eigenvalue weighted by molar-refractivity contribution is 0.112. The van der Waals surface area contributed by atoms with Gasteiger partial charge < -0.3 is 0 Å². The summed E-state index contributed by atoms with van der Waals surface area (Å²) < 4.78 is 0. The van der Waals surface area contributed by atoms with Gasteiger partial charge in [0.15, 0.2) is 12.1 Å². The van der Waals surface area contributed by atoms with Crippen LogP contribution in [-0.4, -0.2) is 11.3 Å². The highest BCUT2D eigenvalue weighted by Crippen LogP contribution is 2.30. The van der Waals surface area contributed by atoms with Gasteiger partial charge in [0.1, 0.15) is 5.69 Å². The van der Waals surface area contributed by atoms with Crippen LogP contribution in [0.2, 0.25) is 0 Å². The second-order valence-electron chi connectivity index (χ2n) is 4.23. The smallest absolute Gasteiger partial charge is 0.174 e. The topological polar surface area (TPSA) is 54.7 Å². The zero-order valence-corrected chi connectivity index (χ0v) is 10.6. The number of nitrogens with zero attached hydrogens (tertiary/aromatic N) is 3. The summed E-state index contributed by atoms with van der Waals surface area (Å²) in [6, 6.07) is 16.8. The summed E-state index contributed by atoms with van der Waals surface area (Å²) in [4.78, 5) is 15.2. The Morgan fingerprint density at radius 3 is 2.55 bits per heavy atom. The first-order valence-electron chi connectivity index (χ1n) is 6.18. The van der Waals surface area contributed by atoms with Crippen LogP contribution in [0.5, 0.6) is 0 Å². The van der Waals surface area contributed by atoms with E-state index < -0.39 is 0 Å². The third kappa shape index (κ3) is 2.31. The maximum Gasteiger partial charge on any atom is 0.174 e. The van der Waals surface area contributed by atoms with Crippen molar-refractivity contribution in [2.24, 2.45) is 10.2 Å². The molecule has 4 heteroatoms. The molecule has 3 aromatic rings. The van der Waals surface area contributed by atoms with Gasteiger partial charge in [0.25, 0.3) is 0 Å². The summed E-state index contributed by atoms with van der Waals surface area (Å²) in [5, 5.41) is 10.2. The number of hydrogen-bond acceptors (Lipinski definition) is 4. The van der Waals surface area contributed by atoms with Crippen LogP contribution in [0, 0.1) is 0 Å². The van der Waals surface area contributed by atoms with Crippen molar-refractivity contribution in [2.45, 2.75) is 0 Å². The Morgan fingerprint density at radius 1 is 0.900 bits per heavy atom. The van der Waals surface area contributed by atoms with Crippen LogP contribution in [0.3, 0.4) is 0 Å². The fourth-order valence-corrected chi connectivity index (χ4v) is 1.99. The molecule has 0 bridgehead atoms. The van der Waals surface area contributed by atoms with Gasteiger partial charge in [0, 0.05) is 17.1 Å². The fraction of sp³-hybridized carbons (Fsp3) is 0. The number of rotatable bonds is 3. The minimum atomic E-state index is 0.511. The molecular formula is C16H11N3O. The molecule has 4 nitrogen and oxygen atoms in total. The largest absolute Gasteiger partial charge is 0.298 e. The first kappa shape index (κ1) is 12.2. The molecule has 0 fully saturated rings. The normalized spacial score (nSPS) is 11.0. The number of aromatic nitrogens is 1. The van der Waals surface area contributed by atoms with Crippen LogP contribution in [0.1, 0.15) is 10.4 Å². The molecule has 1 aromatic heterocycles. The summed E-state index contributed by atoms with van der Waals surface area (Å²) in [5.74, 6) is 0.511. The number of benzene rings is 2. The standard InChI is InChI=1S/C16H11N3O/c20-11-13-9-8-12-5-1-2-6-14(12)16(13)19-18-15-7-3-4-10-17-15/h1-11H. The van der Waals surface area contributed by atoms with Gasteiger partial charge in [-0.1, -0.05) is 36.4 Å². The Hall–Kier alpha value is -2.88. The van der Waals surface area contributed by atoms with Crippen molar-refractivity contribution in [1.82, 2.24) is 4.98 Å². The fourth-order valence-electron chi connectivity index (χ4n) is 1.99. The lowest BCUT2D eigenvalue weighted by Crippen LogP contribution is -1.83. The molecule has 0 atom stereocenters. The number of carbonyl (C=O) groups excluding carboxylic acids is 1. The lowest BCUT2D eigenvalue weighted by atomic mass is 10.1. The molecule has 3 rings (SSSR count). The predicted molar refractivity (Wildman–Crippen MR) is 77.7 cm³/mol. The Balaban J connectivity index is 2.14. The van der Waals surface area contributed by atoms with Gasteiger partial charge >= 0.3 is 0 Å². The SMILES string of the molecule is O=Cc1ccc2ccccc2c1N=Nc1ccccn1. The van der Waals surface area contributed by atoms with Crippen molar-refractivity contribution in [3.8, 4) is 0 Å². The number of hydrogen-bond donors (Lipinski definition) is 0. The molecule has 0 radical (unpaired) electrons. The highest BCUT2D eigenvalue weighted by Gasteiger charge is 2.06. The van der Waals surface area contributed by atoms with Crippen molar-refractivity contribution < 1.29 is 4.79 Å². The molecule has 20 heavy (non-hydrogen) atoms. The van der Waals surface area contributed by atoms with Gasteiger partial charge in [-0.15, -0.1) is 10.2 Å². The first-order valence-corrected chi connectivity index (χ1v) is 6.18. The molecule has 0 saturated carbocycles. The molecular weight excluding hydrogens is 250 g/mol. The van der Waals surface area contributed by atoms with Crippen molar-refractivity contribution in [1.29, 1.82) is 0 Å². The average molecular weight is 261 g/mol. The molecule has 0 unspecified atom stereocenters. The molecule has 96 valence electrons. The van der Waals surface area contributed by atoms with Gasteiger partial charge in [0.2, 0.25) is 0 Å². The van der Waals surface area contributed by atoms with Crippen LogP contribution in [0.25, 0.3) is 10.8 Å². The number of aldehydes is 1. The van der Waals surface area contributed by atoms with Crippen LogP contribution in [0.15, 0.2) is 71.0 Å². The van der Waals surface area contributed by atoms with Crippen LogP contribution in [-0.2, 0) is 0 Å². The van der Waals surface area contributed by atoms with Gasteiger partial charge in [0.05, 0.1) is 0 Å². The zero-order valence-electron chi connectivity index (χ0n) is 10.6. The first-order chi connectivity index (χ1) is 9.88. The van der Waals surface area contributed by atoms with E-state index in [2.05, 4.69) is 15.2 Å². The quantitative estimate of drug-likeness (QED) is 0.516. The van der Waals surface area contributed by atoms with E-state index in [4.69, 9.17) is 0 Å². The van der Waals surface area contributed by atoms with E-state index in [1.807, 2.05) is 42.5 Å². The van der Waals surface area contributed by atoms with Crippen molar-refractivity contribution in [2.75, 3.05) is 0 Å². The molecule has 0 N–H and O–H groups in total. The summed E-state index contributed by atoms with van der Waals surface area (Å²) in [6.45, 7) is 0. The van der Waals surface area contributed by atoms with Crippen molar-refractivity contribution in [3.05, 3.63) is 66.4 Å². The molecule has 2 aromatic carbocycles. The Bertz CT molecular complexity index is 782. The Kier molecular flexibility index (Phi) is 3.29. The van der Waals surface area contributed by atoms with E-state index in [0.29, 0.717) is 17.1 Å². The Labute approximate surface area is 115 Å². The van der Waals surface area contributed by atoms with Gasteiger partial charge in [-0.2, -0.15) is 0 Å². The van der Waals surface area contributed by atoms with Gasteiger partial charge in [-0.3, -0.25) is 4.79 Å². The maximum atomic E-state index is 11.2. The molecule has 0 saturated heterocycles. The Morgan fingerprint density at radius 2 is 1.75 bits per heavy atom. The second-order valence-corrected chi connectivity index (χ2v) is 4.23. The van der Waals surface area contributed by atoms with E-state index in [0.717, 1.165) is 17.1 Å². The van der Waals surface area contributed by atoms with Crippen molar-refractivity contribution in [3.63, 3.8) is 0 Å². The molecule has 0 aliphatic carbocycles. The molecule has 0 spiro atoms. The average Bonchev–Trinajstić information content (AvgIpc) is 2.53. The predicted octanol–water partition coefficient (Wildman–Crippen LogP) is 4.46. The number of azo groups is 1. The maximum absolute atomic E-state index is 11.2. The highest BCUT2D eigenvalue weighted by molar-refractivity contribution is 6.00. The van der Waals surface area contributed by atoms with E-state index in [1.54, 1.807) is 18.3 Å². The number of carbonyl (C=O) groups is 1. The summed E-state index contributed by atoms with van der Waals surface area (Å²) >= 11 is 0. The van der Waals surface area contributed by atoms with E-state index in [-0.39, 0.29) is 0 Å². The summed E-state index contributed by atoms with van der Waals surface area (Å²) in [7, 11) is 0. The minimum absolute atomic E-state index is 0.511. The third-order valence-corrected chi connectivity index (χ3v) is 2.96. The van der Waals surface area contributed by atoms with Gasteiger partial charge in [-0.25, -0.2) is 4.98 Å². The van der Waals surface area contributed by atoms with Crippen LogP contribution in [0.4, 0.5) is 11.5 Å². The zero-order chi connectivity index (χ0) is 13.8. The lowest BCUT2D eigenvalue weighted by Gasteiger charge is -2.03. The number of fused-ring (bicyclic) bond motifs is 1. The second kappa shape index (κ2) is 5.40. The molecule has 0 amide bonds.